The number of carbonyl (C=O) groups excluding carboxylic acids is 3. The van der Waals surface area contributed by atoms with Crippen molar-refractivity contribution < 1.29 is 27.6 Å². The third-order valence-electron chi connectivity index (χ3n) is 6.97. The number of hydrogen-bond donors (Lipinski definition) is 2. The van der Waals surface area contributed by atoms with Gasteiger partial charge in [0, 0.05) is 41.6 Å². The molecule has 2 fully saturated rings. The van der Waals surface area contributed by atoms with Crippen molar-refractivity contribution in [3.8, 4) is 0 Å². The number of aromatic nitrogens is 1. The number of pyridine rings is 1. The zero-order chi connectivity index (χ0) is 28.6. The number of rotatable bonds is 7. The normalized spacial score (nSPS) is 18.7. The fraction of sp³-hybridized carbons (Fsp3) is 0.310. The zero-order valence-electron chi connectivity index (χ0n) is 21.1. The number of halogens is 4. The first-order chi connectivity index (χ1) is 19.0. The van der Waals surface area contributed by atoms with Crippen LogP contribution in [0.3, 0.4) is 0 Å². The number of nitrogens with zero attached hydrogens (tertiary/aromatic N) is 3. The van der Waals surface area contributed by atoms with Gasteiger partial charge in [-0.05, 0) is 42.8 Å². The predicted molar refractivity (Wildman–Crippen MR) is 150 cm³/mol. The van der Waals surface area contributed by atoms with E-state index < -0.39 is 54.5 Å². The van der Waals surface area contributed by atoms with Crippen LogP contribution >= 0.6 is 11.6 Å². The van der Waals surface area contributed by atoms with E-state index in [2.05, 4.69) is 10.3 Å². The lowest BCUT2D eigenvalue weighted by atomic mass is 9.87. The van der Waals surface area contributed by atoms with Gasteiger partial charge in [0.2, 0.25) is 11.8 Å². The summed E-state index contributed by atoms with van der Waals surface area (Å²) in [5.74, 6) is -5.16. The number of amides is 3. The predicted octanol–water partition coefficient (Wildman–Crippen LogP) is 5.28. The van der Waals surface area contributed by atoms with Gasteiger partial charge in [-0.25, -0.2) is 18.2 Å². The smallest absolute Gasteiger partial charge is 0.252 e. The summed E-state index contributed by atoms with van der Waals surface area (Å²) < 4.78 is 41.6. The van der Waals surface area contributed by atoms with Gasteiger partial charge in [-0.3, -0.25) is 24.2 Å². The molecule has 0 unspecified atom stereocenters. The van der Waals surface area contributed by atoms with Gasteiger partial charge in [-0.15, -0.1) is 0 Å². The van der Waals surface area contributed by atoms with Crippen LogP contribution in [0.5, 0.6) is 0 Å². The van der Waals surface area contributed by atoms with Crippen LogP contribution in [0.2, 0.25) is 5.02 Å². The van der Waals surface area contributed by atoms with Crippen molar-refractivity contribution in [1.82, 2.24) is 10.3 Å². The number of nitrogens with one attached hydrogen (secondary N) is 1. The molecular weight excluding hydrogens is 559 g/mol. The Morgan fingerprint density at radius 2 is 1.80 bits per heavy atom. The molecule has 1 aliphatic carbocycles. The summed E-state index contributed by atoms with van der Waals surface area (Å²) in [6, 6.07) is 12.6. The maximum absolute atomic E-state index is 14.5. The molecular formula is C29H29ClF3N5O3. The van der Waals surface area contributed by atoms with E-state index >= 15 is 0 Å². The molecule has 5 rings (SSSR count). The molecule has 1 saturated heterocycles. The van der Waals surface area contributed by atoms with Gasteiger partial charge in [0.05, 0.1) is 0 Å². The van der Waals surface area contributed by atoms with E-state index in [1.165, 1.54) is 47.4 Å². The van der Waals surface area contributed by atoms with Gasteiger partial charge in [0.25, 0.3) is 11.8 Å². The van der Waals surface area contributed by atoms with E-state index in [-0.39, 0.29) is 54.1 Å². The van der Waals surface area contributed by atoms with Crippen molar-refractivity contribution in [2.75, 3.05) is 15.5 Å². The number of anilines is 3. The highest BCUT2D eigenvalue weighted by molar-refractivity contribution is 6.31. The molecule has 3 aromatic rings. The Morgan fingerprint density at radius 1 is 1.10 bits per heavy atom. The third kappa shape index (κ3) is 6.14. The molecule has 216 valence electrons. The second kappa shape index (κ2) is 11.8. The summed E-state index contributed by atoms with van der Waals surface area (Å²) in [4.78, 5) is 47.6. The largest absolute Gasteiger partial charge is 0.384 e. The molecule has 2 aliphatic rings. The highest BCUT2D eigenvalue weighted by atomic mass is 35.5. The molecule has 0 spiro atoms. The monoisotopic (exact) mass is 587 g/mol. The first-order valence-electron chi connectivity index (χ1n) is 12.6. The standard InChI is InChI=1S/C28H25ClF3N5O3.CH4/c29-20-8-2-1-7-19(20)25(26(39)34-17-14-28(31,32)15-17)36(18-6-3-5-16(30)13-18)27(40)21-11-12-24(38)37(21)23-10-4-9-22(33)35-23;/h1-10,13,17,21,25H,11-12,14-15H2,(H2,33,35)(H,34,39);1H4/t21-,25-;/m0./s1. The van der Waals surface area contributed by atoms with Crippen LogP contribution in [0, 0.1) is 5.82 Å². The molecule has 1 saturated carbocycles. The van der Waals surface area contributed by atoms with Gasteiger partial charge < -0.3 is 11.1 Å². The Labute approximate surface area is 240 Å². The van der Waals surface area contributed by atoms with Gasteiger partial charge in [0.1, 0.15) is 29.5 Å². The van der Waals surface area contributed by atoms with Crippen LogP contribution in [0.25, 0.3) is 0 Å². The number of carbonyl (C=O) groups is 3. The molecule has 8 nitrogen and oxygen atoms in total. The molecule has 2 heterocycles. The molecule has 1 aliphatic heterocycles. The number of alkyl halides is 2. The van der Waals surface area contributed by atoms with E-state index in [9.17, 15) is 27.6 Å². The van der Waals surface area contributed by atoms with Gasteiger partial charge in [0.15, 0.2) is 0 Å². The maximum atomic E-state index is 14.5. The fourth-order valence-corrected chi connectivity index (χ4v) is 5.35. The maximum Gasteiger partial charge on any atom is 0.252 e. The van der Waals surface area contributed by atoms with E-state index in [1.807, 2.05) is 0 Å². The molecule has 0 bridgehead atoms. The minimum absolute atomic E-state index is 0. The van der Waals surface area contributed by atoms with Crippen molar-refractivity contribution in [2.24, 2.45) is 0 Å². The number of benzene rings is 2. The van der Waals surface area contributed by atoms with E-state index in [4.69, 9.17) is 17.3 Å². The van der Waals surface area contributed by atoms with Crippen molar-refractivity contribution in [3.05, 3.63) is 83.1 Å². The number of nitrogens with two attached hydrogens (primary N) is 1. The lowest BCUT2D eigenvalue weighted by molar-refractivity contribution is -0.133. The molecule has 1 aromatic heterocycles. The Morgan fingerprint density at radius 3 is 2.46 bits per heavy atom. The van der Waals surface area contributed by atoms with Crippen LogP contribution in [0.15, 0.2) is 66.7 Å². The van der Waals surface area contributed by atoms with Crippen molar-refractivity contribution in [1.29, 1.82) is 0 Å². The Bertz CT molecular complexity index is 1460. The third-order valence-corrected chi connectivity index (χ3v) is 7.31. The molecule has 3 amide bonds. The van der Waals surface area contributed by atoms with E-state index in [0.717, 1.165) is 11.0 Å². The first kappa shape index (κ1) is 29.9. The molecule has 0 radical (unpaired) electrons. The van der Waals surface area contributed by atoms with Crippen LogP contribution in [-0.4, -0.2) is 40.7 Å². The summed E-state index contributed by atoms with van der Waals surface area (Å²) in [6.45, 7) is 0. The van der Waals surface area contributed by atoms with Gasteiger partial charge >= 0.3 is 0 Å². The topological polar surface area (TPSA) is 109 Å². The SMILES string of the molecule is C.Nc1cccc(N2C(=O)CC[C@H]2C(=O)N(c2cccc(F)c2)[C@H](C(=O)NC2CC(F)(F)C2)c2ccccc2Cl)n1. The van der Waals surface area contributed by atoms with E-state index in [0.29, 0.717) is 0 Å². The van der Waals surface area contributed by atoms with Crippen molar-refractivity contribution in [3.63, 3.8) is 0 Å². The van der Waals surface area contributed by atoms with Gasteiger partial charge in [-0.2, -0.15) is 0 Å². The van der Waals surface area contributed by atoms with E-state index in [1.54, 1.807) is 18.2 Å². The lowest BCUT2D eigenvalue weighted by Gasteiger charge is -2.39. The average molecular weight is 588 g/mol. The molecule has 2 atom stereocenters. The van der Waals surface area contributed by atoms with Crippen LogP contribution in [0.1, 0.15) is 44.7 Å². The quantitative estimate of drug-likeness (QED) is 0.391. The molecule has 2 aromatic carbocycles. The minimum atomic E-state index is -2.90. The van der Waals surface area contributed by atoms with Crippen LogP contribution in [0.4, 0.5) is 30.5 Å². The Hall–Kier alpha value is -4.12. The molecule has 12 heteroatoms. The van der Waals surface area contributed by atoms with Crippen molar-refractivity contribution >= 4 is 46.6 Å². The summed E-state index contributed by atoms with van der Waals surface area (Å²) in [6.07, 6.45) is -0.989. The Kier molecular flexibility index (Phi) is 8.58. The lowest BCUT2D eigenvalue weighted by Crippen LogP contribution is -2.56. The second-order valence-corrected chi connectivity index (χ2v) is 10.2. The summed E-state index contributed by atoms with van der Waals surface area (Å²) >= 11 is 6.48. The number of nitrogen functional groups attached to an aromatic ring is 1. The first-order valence-corrected chi connectivity index (χ1v) is 13.0. The fourth-order valence-electron chi connectivity index (χ4n) is 5.11. The Balaban J connectivity index is 0.00000387. The molecule has 41 heavy (non-hydrogen) atoms. The summed E-state index contributed by atoms with van der Waals surface area (Å²) in [5.41, 5.74) is 6.03. The highest BCUT2D eigenvalue weighted by Crippen LogP contribution is 2.39. The number of hydrogen-bond acceptors (Lipinski definition) is 5. The zero-order valence-corrected chi connectivity index (χ0v) is 21.8. The van der Waals surface area contributed by atoms with Crippen LogP contribution < -0.4 is 20.9 Å². The minimum Gasteiger partial charge on any atom is -0.384 e. The van der Waals surface area contributed by atoms with Crippen molar-refractivity contribution in [2.45, 2.75) is 57.2 Å². The summed E-state index contributed by atoms with van der Waals surface area (Å²) in [5, 5.41) is 2.72. The summed E-state index contributed by atoms with van der Waals surface area (Å²) in [7, 11) is 0. The molecule has 3 N–H and O–H groups in total. The van der Waals surface area contributed by atoms with Gasteiger partial charge in [-0.1, -0.05) is 49.4 Å². The average Bonchev–Trinajstić information content (AvgIpc) is 3.27. The van der Waals surface area contributed by atoms with Crippen LogP contribution in [-0.2, 0) is 14.4 Å². The second-order valence-electron chi connectivity index (χ2n) is 9.82. The highest BCUT2D eigenvalue weighted by Gasteiger charge is 2.48.